The molecule has 0 spiro atoms. The van der Waals surface area contributed by atoms with Crippen molar-refractivity contribution < 1.29 is 0 Å². The smallest absolute Gasteiger partial charge is 0.0492 e. The minimum absolute atomic E-state index is 0.177. The van der Waals surface area contributed by atoms with E-state index in [0.717, 1.165) is 12.5 Å². The Kier molecular flexibility index (Phi) is 4.90. The third-order valence-electron chi connectivity index (χ3n) is 5.18. The zero-order valence-electron chi connectivity index (χ0n) is 13.8. The lowest BCUT2D eigenvalue weighted by Gasteiger charge is -2.44. The average Bonchev–Trinajstić information content (AvgIpc) is 2.83. The second kappa shape index (κ2) is 6.30. The fraction of sp³-hybridized carbons (Fsp3) is 0.824. The standard InChI is InChI=1S/C17H31N3/c1-6-10-18-15-12-13(2)7-8-14(15)17(3,4)16-9-11-19-20(16)5/h9,11,13-15,18H,6-8,10,12H2,1-5H3. The monoisotopic (exact) mass is 277 g/mol. The van der Waals surface area contributed by atoms with E-state index in [0.29, 0.717) is 12.0 Å². The van der Waals surface area contributed by atoms with Crippen molar-refractivity contribution in [3.63, 3.8) is 0 Å². The first-order chi connectivity index (χ1) is 9.46. The molecule has 114 valence electrons. The van der Waals surface area contributed by atoms with E-state index in [2.05, 4.69) is 55.9 Å². The van der Waals surface area contributed by atoms with Crippen molar-refractivity contribution in [1.82, 2.24) is 15.1 Å². The molecule has 20 heavy (non-hydrogen) atoms. The van der Waals surface area contributed by atoms with Crippen molar-refractivity contribution in [2.75, 3.05) is 6.54 Å². The molecule has 0 saturated heterocycles. The van der Waals surface area contributed by atoms with Gasteiger partial charge in [-0.25, -0.2) is 0 Å². The zero-order chi connectivity index (χ0) is 14.8. The van der Waals surface area contributed by atoms with E-state index in [-0.39, 0.29) is 5.41 Å². The number of nitrogens with zero attached hydrogens (tertiary/aromatic N) is 2. The molecular weight excluding hydrogens is 246 g/mol. The van der Waals surface area contributed by atoms with Gasteiger partial charge in [0.15, 0.2) is 0 Å². The maximum Gasteiger partial charge on any atom is 0.0492 e. The van der Waals surface area contributed by atoms with Crippen LogP contribution in [0.15, 0.2) is 12.3 Å². The van der Waals surface area contributed by atoms with E-state index in [9.17, 15) is 0 Å². The third kappa shape index (κ3) is 3.08. The summed E-state index contributed by atoms with van der Waals surface area (Å²) in [6.07, 6.45) is 7.13. The van der Waals surface area contributed by atoms with Crippen LogP contribution in [0.5, 0.6) is 0 Å². The summed E-state index contributed by atoms with van der Waals surface area (Å²) in [6, 6.07) is 2.83. The molecule has 0 bridgehead atoms. The summed E-state index contributed by atoms with van der Waals surface area (Å²) in [4.78, 5) is 0. The summed E-state index contributed by atoms with van der Waals surface area (Å²) >= 11 is 0. The molecule has 0 amide bonds. The van der Waals surface area contributed by atoms with Crippen LogP contribution in [0.25, 0.3) is 0 Å². The van der Waals surface area contributed by atoms with Crippen molar-refractivity contribution in [2.24, 2.45) is 18.9 Å². The van der Waals surface area contributed by atoms with Crippen molar-refractivity contribution >= 4 is 0 Å². The largest absolute Gasteiger partial charge is 0.314 e. The molecule has 3 unspecified atom stereocenters. The van der Waals surface area contributed by atoms with Crippen LogP contribution in [0.1, 0.15) is 59.1 Å². The molecule has 3 heteroatoms. The van der Waals surface area contributed by atoms with Gasteiger partial charge in [-0.05, 0) is 43.7 Å². The van der Waals surface area contributed by atoms with Crippen LogP contribution in [-0.2, 0) is 12.5 Å². The summed E-state index contributed by atoms with van der Waals surface area (Å²) in [5.41, 5.74) is 1.54. The van der Waals surface area contributed by atoms with Crippen LogP contribution >= 0.6 is 0 Å². The molecule has 2 rings (SSSR count). The molecule has 0 radical (unpaired) electrons. The molecule has 0 aliphatic heterocycles. The Labute approximate surface area is 124 Å². The maximum absolute atomic E-state index is 4.38. The molecule has 1 aromatic heterocycles. The Balaban J connectivity index is 2.20. The van der Waals surface area contributed by atoms with E-state index in [1.807, 2.05) is 6.20 Å². The van der Waals surface area contributed by atoms with Gasteiger partial charge in [0.1, 0.15) is 0 Å². The van der Waals surface area contributed by atoms with Gasteiger partial charge >= 0.3 is 0 Å². The quantitative estimate of drug-likeness (QED) is 0.892. The highest BCUT2D eigenvalue weighted by Crippen LogP contribution is 2.42. The molecule has 1 saturated carbocycles. The van der Waals surface area contributed by atoms with E-state index in [4.69, 9.17) is 0 Å². The predicted molar refractivity (Wildman–Crippen MR) is 84.8 cm³/mol. The molecular formula is C17H31N3. The van der Waals surface area contributed by atoms with Gasteiger partial charge < -0.3 is 5.32 Å². The number of hydrogen-bond donors (Lipinski definition) is 1. The molecule has 1 aliphatic carbocycles. The first-order valence-corrected chi connectivity index (χ1v) is 8.18. The summed E-state index contributed by atoms with van der Waals surface area (Å²) in [6.45, 7) is 10.6. The van der Waals surface area contributed by atoms with Crippen LogP contribution in [0.4, 0.5) is 0 Å². The highest BCUT2D eigenvalue weighted by atomic mass is 15.3. The molecule has 1 fully saturated rings. The fourth-order valence-electron chi connectivity index (χ4n) is 4.00. The van der Waals surface area contributed by atoms with Crippen molar-refractivity contribution in [1.29, 1.82) is 0 Å². The van der Waals surface area contributed by atoms with Gasteiger partial charge in [0.25, 0.3) is 0 Å². The lowest BCUT2D eigenvalue weighted by molar-refractivity contribution is 0.140. The summed E-state index contributed by atoms with van der Waals surface area (Å²) in [5, 5.41) is 8.19. The average molecular weight is 277 g/mol. The second-order valence-corrected chi connectivity index (χ2v) is 7.15. The first kappa shape index (κ1) is 15.6. The molecule has 3 nitrogen and oxygen atoms in total. The van der Waals surface area contributed by atoms with Gasteiger partial charge in [0.05, 0.1) is 0 Å². The number of aryl methyl sites for hydroxylation is 1. The minimum Gasteiger partial charge on any atom is -0.314 e. The number of nitrogens with one attached hydrogen (secondary N) is 1. The Morgan fingerprint density at radius 1 is 1.40 bits per heavy atom. The molecule has 1 N–H and O–H groups in total. The predicted octanol–water partition coefficient (Wildman–Crippen LogP) is 3.50. The maximum atomic E-state index is 4.38. The Bertz CT molecular complexity index is 422. The fourth-order valence-corrected chi connectivity index (χ4v) is 4.00. The molecule has 0 aromatic carbocycles. The van der Waals surface area contributed by atoms with Crippen LogP contribution in [0, 0.1) is 11.8 Å². The minimum atomic E-state index is 0.177. The normalized spacial score (nSPS) is 27.8. The zero-order valence-corrected chi connectivity index (χ0v) is 13.8. The summed E-state index contributed by atoms with van der Waals surface area (Å²) < 4.78 is 2.05. The number of hydrogen-bond acceptors (Lipinski definition) is 2. The molecule has 1 aromatic rings. The Morgan fingerprint density at radius 3 is 2.75 bits per heavy atom. The lowest BCUT2D eigenvalue weighted by Crippen LogP contribution is -2.49. The van der Waals surface area contributed by atoms with E-state index < -0.39 is 0 Å². The Morgan fingerprint density at radius 2 is 2.15 bits per heavy atom. The number of rotatable bonds is 5. The first-order valence-electron chi connectivity index (χ1n) is 8.18. The van der Waals surface area contributed by atoms with Gasteiger partial charge in [-0.15, -0.1) is 0 Å². The van der Waals surface area contributed by atoms with Gasteiger partial charge in [0, 0.05) is 30.4 Å². The van der Waals surface area contributed by atoms with Crippen LogP contribution in [-0.4, -0.2) is 22.4 Å². The van der Waals surface area contributed by atoms with Crippen LogP contribution in [0.3, 0.4) is 0 Å². The van der Waals surface area contributed by atoms with E-state index >= 15 is 0 Å². The van der Waals surface area contributed by atoms with Gasteiger partial charge in [-0.2, -0.15) is 5.10 Å². The third-order valence-corrected chi connectivity index (χ3v) is 5.18. The van der Waals surface area contributed by atoms with E-state index in [1.165, 1.54) is 31.4 Å². The number of aromatic nitrogens is 2. The van der Waals surface area contributed by atoms with Crippen LogP contribution < -0.4 is 5.32 Å². The van der Waals surface area contributed by atoms with Crippen molar-refractivity contribution in [2.45, 2.75) is 64.8 Å². The Hall–Kier alpha value is -0.830. The molecule has 1 aliphatic rings. The lowest BCUT2D eigenvalue weighted by atomic mass is 9.65. The highest BCUT2D eigenvalue weighted by molar-refractivity contribution is 5.17. The van der Waals surface area contributed by atoms with Crippen molar-refractivity contribution in [3.8, 4) is 0 Å². The second-order valence-electron chi connectivity index (χ2n) is 7.15. The van der Waals surface area contributed by atoms with E-state index in [1.54, 1.807) is 0 Å². The highest BCUT2D eigenvalue weighted by Gasteiger charge is 2.40. The molecule has 3 atom stereocenters. The summed E-state index contributed by atoms with van der Waals surface area (Å²) in [5.74, 6) is 1.54. The van der Waals surface area contributed by atoms with Crippen LogP contribution in [0.2, 0.25) is 0 Å². The van der Waals surface area contributed by atoms with Crippen molar-refractivity contribution in [3.05, 3.63) is 18.0 Å². The summed E-state index contributed by atoms with van der Waals surface area (Å²) in [7, 11) is 2.07. The van der Waals surface area contributed by atoms with Gasteiger partial charge in [0.2, 0.25) is 0 Å². The molecule has 1 heterocycles. The van der Waals surface area contributed by atoms with Gasteiger partial charge in [-0.3, -0.25) is 4.68 Å². The topological polar surface area (TPSA) is 29.9 Å². The van der Waals surface area contributed by atoms with Gasteiger partial charge in [-0.1, -0.05) is 34.1 Å². The SMILES string of the molecule is CCCNC1CC(C)CCC1C(C)(C)c1ccnn1C.